The van der Waals surface area contributed by atoms with E-state index < -0.39 is 11.7 Å². The van der Waals surface area contributed by atoms with Crippen molar-refractivity contribution in [2.45, 2.75) is 33.3 Å². The highest BCUT2D eigenvalue weighted by molar-refractivity contribution is 6.04. The number of nitrogens with two attached hydrogens (primary N) is 1. The van der Waals surface area contributed by atoms with Crippen molar-refractivity contribution in [3.05, 3.63) is 55.0 Å². The van der Waals surface area contributed by atoms with Crippen LogP contribution in [-0.2, 0) is 9.53 Å². The molecular formula is C25H34N6O3. The first-order valence-electron chi connectivity index (χ1n) is 11.3. The molecule has 182 valence electrons. The SMILES string of the molecule is C=C(C)N=C(/C=C\N)n1ccc2c(N3CCN(C(=O)CNC(=O)OC(C)(C)C)CC3)cccc21. The number of hydrogen-bond acceptors (Lipinski definition) is 6. The van der Waals surface area contributed by atoms with Crippen LogP contribution < -0.4 is 16.0 Å². The number of benzene rings is 1. The summed E-state index contributed by atoms with van der Waals surface area (Å²) < 4.78 is 7.18. The van der Waals surface area contributed by atoms with Crippen molar-refractivity contribution in [2.24, 2.45) is 10.7 Å². The second-order valence-corrected chi connectivity index (χ2v) is 9.18. The Morgan fingerprint density at radius 2 is 1.91 bits per heavy atom. The van der Waals surface area contributed by atoms with Crippen molar-refractivity contribution in [2.75, 3.05) is 37.6 Å². The summed E-state index contributed by atoms with van der Waals surface area (Å²) in [5.41, 5.74) is 7.83. The Morgan fingerprint density at radius 3 is 2.53 bits per heavy atom. The lowest BCUT2D eigenvalue weighted by molar-refractivity contribution is -0.130. The van der Waals surface area contributed by atoms with Crippen molar-refractivity contribution in [3.8, 4) is 0 Å². The molecule has 0 spiro atoms. The number of alkyl carbamates (subject to hydrolysis) is 1. The number of nitrogens with one attached hydrogen (secondary N) is 1. The van der Waals surface area contributed by atoms with Crippen LogP contribution in [0.1, 0.15) is 27.7 Å². The first-order valence-corrected chi connectivity index (χ1v) is 11.3. The van der Waals surface area contributed by atoms with E-state index in [1.807, 2.05) is 29.8 Å². The van der Waals surface area contributed by atoms with Gasteiger partial charge in [-0.1, -0.05) is 12.6 Å². The number of ether oxygens (including phenoxy) is 1. The molecule has 1 aromatic heterocycles. The summed E-state index contributed by atoms with van der Waals surface area (Å²) in [5.74, 6) is 0.569. The number of anilines is 1. The van der Waals surface area contributed by atoms with Gasteiger partial charge in [-0.25, -0.2) is 9.79 Å². The molecule has 1 fully saturated rings. The summed E-state index contributed by atoms with van der Waals surface area (Å²) in [5, 5.41) is 3.63. The highest BCUT2D eigenvalue weighted by atomic mass is 16.6. The molecular weight excluding hydrogens is 432 g/mol. The fourth-order valence-corrected chi connectivity index (χ4v) is 3.85. The summed E-state index contributed by atoms with van der Waals surface area (Å²) in [6.45, 7) is 13.5. The molecule has 1 saturated heterocycles. The summed E-state index contributed by atoms with van der Waals surface area (Å²) >= 11 is 0. The van der Waals surface area contributed by atoms with E-state index in [0.29, 0.717) is 37.7 Å². The molecule has 3 rings (SSSR count). The molecule has 3 N–H and O–H groups in total. The second-order valence-electron chi connectivity index (χ2n) is 9.18. The van der Waals surface area contributed by atoms with E-state index in [4.69, 9.17) is 10.5 Å². The van der Waals surface area contributed by atoms with Crippen LogP contribution in [0, 0.1) is 0 Å². The van der Waals surface area contributed by atoms with Crippen molar-refractivity contribution < 1.29 is 14.3 Å². The molecule has 1 aromatic carbocycles. The third kappa shape index (κ3) is 6.18. The lowest BCUT2D eigenvalue weighted by Gasteiger charge is -2.36. The first kappa shape index (κ1) is 24.9. The smallest absolute Gasteiger partial charge is 0.408 e. The van der Waals surface area contributed by atoms with Crippen LogP contribution in [-0.4, -0.2) is 65.6 Å². The number of hydrogen-bond donors (Lipinski definition) is 2. The van der Waals surface area contributed by atoms with Gasteiger partial charge in [0.05, 0.1) is 5.52 Å². The lowest BCUT2D eigenvalue weighted by Crippen LogP contribution is -2.51. The van der Waals surface area contributed by atoms with E-state index >= 15 is 0 Å². The Balaban J connectivity index is 1.68. The van der Waals surface area contributed by atoms with Gasteiger partial charge < -0.3 is 30.2 Å². The molecule has 9 nitrogen and oxygen atoms in total. The Labute approximate surface area is 200 Å². The summed E-state index contributed by atoms with van der Waals surface area (Å²) in [7, 11) is 0. The van der Waals surface area contributed by atoms with Crippen molar-refractivity contribution in [1.29, 1.82) is 0 Å². The molecule has 34 heavy (non-hydrogen) atoms. The number of carbonyl (C=O) groups is 2. The first-order chi connectivity index (χ1) is 16.1. The zero-order valence-electron chi connectivity index (χ0n) is 20.4. The molecule has 0 unspecified atom stereocenters. The van der Waals surface area contributed by atoms with Crippen LogP contribution in [0.5, 0.6) is 0 Å². The van der Waals surface area contributed by atoms with E-state index in [9.17, 15) is 9.59 Å². The van der Waals surface area contributed by atoms with Gasteiger partial charge in [0.1, 0.15) is 18.0 Å². The Morgan fingerprint density at radius 1 is 1.21 bits per heavy atom. The minimum Gasteiger partial charge on any atom is -0.444 e. The Kier molecular flexibility index (Phi) is 7.65. The molecule has 2 amide bonds. The third-order valence-corrected chi connectivity index (χ3v) is 5.26. The van der Waals surface area contributed by atoms with E-state index in [-0.39, 0.29) is 12.5 Å². The number of aromatic nitrogens is 1. The maximum Gasteiger partial charge on any atom is 0.408 e. The zero-order valence-corrected chi connectivity index (χ0v) is 20.4. The molecule has 0 aliphatic carbocycles. The Bertz CT molecular complexity index is 1120. The molecule has 0 bridgehead atoms. The van der Waals surface area contributed by atoms with Gasteiger partial charge >= 0.3 is 6.09 Å². The van der Waals surface area contributed by atoms with Crippen LogP contribution in [0.4, 0.5) is 10.5 Å². The number of aliphatic imine (C=N–C) groups is 1. The fraction of sp³-hybridized carbons (Fsp3) is 0.400. The van der Waals surface area contributed by atoms with Crippen LogP contribution in [0.3, 0.4) is 0 Å². The van der Waals surface area contributed by atoms with Gasteiger partial charge in [-0.2, -0.15) is 0 Å². The van der Waals surface area contributed by atoms with Crippen molar-refractivity contribution >= 4 is 34.4 Å². The number of rotatable bonds is 5. The highest BCUT2D eigenvalue weighted by Gasteiger charge is 2.24. The molecule has 1 aliphatic rings. The van der Waals surface area contributed by atoms with Gasteiger partial charge in [0, 0.05) is 49.1 Å². The maximum atomic E-state index is 12.5. The van der Waals surface area contributed by atoms with Gasteiger partial charge in [-0.15, -0.1) is 0 Å². The average Bonchev–Trinajstić information content (AvgIpc) is 3.20. The van der Waals surface area contributed by atoms with Crippen LogP contribution >= 0.6 is 0 Å². The summed E-state index contributed by atoms with van der Waals surface area (Å²) in [6, 6.07) is 8.20. The zero-order chi connectivity index (χ0) is 24.9. The molecule has 0 radical (unpaired) electrons. The number of amides is 2. The topological polar surface area (TPSA) is 105 Å². The number of nitrogens with zero attached hydrogens (tertiary/aromatic N) is 4. The third-order valence-electron chi connectivity index (χ3n) is 5.26. The van der Waals surface area contributed by atoms with E-state index in [1.54, 1.807) is 31.7 Å². The number of fused-ring (bicyclic) bond motifs is 1. The molecule has 0 saturated carbocycles. The molecule has 1 aliphatic heterocycles. The largest absolute Gasteiger partial charge is 0.444 e. The van der Waals surface area contributed by atoms with Gasteiger partial charge in [-0.3, -0.25) is 4.79 Å². The quantitative estimate of drug-likeness (QED) is 0.520. The highest BCUT2D eigenvalue weighted by Crippen LogP contribution is 2.29. The number of carbonyl (C=O) groups excluding carboxylic acids is 2. The lowest BCUT2D eigenvalue weighted by atomic mass is 10.1. The fourth-order valence-electron chi connectivity index (χ4n) is 3.85. The predicted molar refractivity (Wildman–Crippen MR) is 136 cm³/mol. The predicted octanol–water partition coefficient (Wildman–Crippen LogP) is 3.07. The van der Waals surface area contributed by atoms with Gasteiger partial charge in [0.25, 0.3) is 0 Å². The standard InChI is InChI=1S/C25H34N6O3/c1-18(2)28-22(9-11-26)31-12-10-19-20(7-6-8-21(19)31)29-13-15-30(16-14-29)23(32)17-27-24(33)34-25(3,4)5/h6-12H,1,13-17,26H2,2-5H3,(H,27,33)/b11-9-,28-22?. The van der Waals surface area contributed by atoms with Gasteiger partial charge in [0.2, 0.25) is 5.91 Å². The average molecular weight is 467 g/mol. The maximum absolute atomic E-state index is 12.5. The van der Waals surface area contributed by atoms with E-state index in [0.717, 1.165) is 16.6 Å². The molecule has 9 heteroatoms. The van der Waals surface area contributed by atoms with Crippen molar-refractivity contribution in [1.82, 2.24) is 14.8 Å². The minimum absolute atomic E-state index is 0.0765. The minimum atomic E-state index is -0.601. The van der Waals surface area contributed by atoms with Crippen LogP contribution in [0.2, 0.25) is 0 Å². The van der Waals surface area contributed by atoms with Crippen LogP contribution in [0.25, 0.3) is 10.9 Å². The van der Waals surface area contributed by atoms with E-state index in [1.165, 1.54) is 6.20 Å². The van der Waals surface area contributed by atoms with E-state index in [2.05, 4.69) is 33.9 Å². The summed E-state index contributed by atoms with van der Waals surface area (Å²) in [4.78, 5) is 32.9. The molecule has 0 atom stereocenters. The normalized spacial score (nSPS) is 15.1. The van der Waals surface area contributed by atoms with Crippen molar-refractivity contribution in [3.63, 3.8) is 0 Å². The summed E-state index contributed by atoms with van der Waals surface area (Å²) in [6.07, 6.45) is 4.59. The second kappa shape index (κ2) is 10.5. The molecule has 2 heterocycles. The molecule has 2 aromatic rings. The van der Waals surface area contributed by atoms with Gasteiger partial charge in [0.15, 0.2) is 0 Å². The number of piperazine rings is 1. The Hall–Kier alpha value is -3.75. The van der Waals surface area contributed by atoms with Gasteiger partial charge in [-0.05, 0) is 58.2 Å². The van der Waals surface area contributed by atoms with Crippen LogP contribution in [0.15, 0.2) is 60.0 Å². The monoisotopic (exact) mass is 466 g/mol. The number of allylic oxidation sites excluding steroid dienone is 2.